The Morgan fingerprint density at radius 3 is 2.29 bits per heavy atom. The third-order valence-electron chi connectivity index (χ3n) is 2.60. The molecule has 0 spiro atoms. The van der Waals surface area contributed by atoms with Crippen LogP contribution in [0.3, 0.4) is 0 Å². The van der Waals surface area contributed by atoms with Gasteiger partial charge in [0.2, 0.25) is 0 Å². The molecule has 0 amide bonds. The van der Waals surface area contributed by atoms with E-state index >= 15 is 0 Å². The van der Waals surface area contributed by atoms with Gasteiger partial charge in [0.1, 0.15) is 0 Å². The molecule has 0 aromatic heterocycles. The molecule has 0 unspecified atom stereocenters. The normalized spacial score (nSPS) is 11.8. The number of hydrogen-bond donors (Lipinski definition) is 1. The van der Waals surface area contributed by atoms with E-state index in [0.717, 1.165) is 12.8 Å². The van der Waals surface area contributed by atoms with Gasteiger partial charge < -0.3 is 5.11 Å². The van der Waals surface area contributed by atoms with Gasteiger partial charge in [-0.05, 0) is 57.2 Å². The van der Waals surface area contributed by atoms with E-state index in [1.165, 1.54) is 16.7 Å². The minimum Gasteiger partial charge on any atom is -0.390 e. The molecule has 0 aliphatic rings. The second kappa shape index (κ2) is 4.14. The van der Waals surface area contributed by atoms with E-state index in [1.54, 1.807) is 0 Å². The molecule has 1 aromatic rings. The average Bonchev–Trinajstić information content (AvgIpc) is 2.06. The Labute approximate surface area is 86.8 Å². The Morgan fingerprint density at radius 1 is 1.14 bits per heavy atom. The van der Waals surface area contributed by atoms with Crippen LogP contribution in [0.15, 0.2) is 18.2 Å². The molecule has 1 heteroatoms. The summed E-state index contributed by atoms with van der Waals surface area (Å²) in [4.78, 5) is 0. The lowest BCUT2D eigenvalue weighted by atomic mass is 9.97. The van der Waals surface area contributed by atoms with Crippen LogP contribution < -0.4 is 0 Å². The van der Waals surface area contributed by atoms with Gasteiger partial charge in [0, 0.05) is 0 Å². The zero-order chi connectivity index (χ0) is 10.8. The molecule has 14 heavy (non-hydrogen) atoms. The molecular formula is C13H20O. The van der Waals surface area contributed by atoms with E-state index < -0.39 is 5.60 Å². The zero-order valence-electron chi connectivity index (χ0n) is 9.59. The van der Waals surface area contributed by atoms with Crippen molar-refractivity contribution in [3.8, 4) is 0 Å². The van der Waals surface area contributed by atoms with Gasteiger partial charge in [-0.25, -0.2) is 0 Å². The molecular weight excluding hydrogens is 172 g/mol. The molecule has 0 aliphatic carbocycles. The first-order valence-corrected chi connectivity index (χ1v) is 5.17. The van der Waals surface area contributed by atoms with Gasteiger partial charge in [-0.1, -0.05) is 18.2 Å². The van der Waals surface area contributed by atoms with Crippen LogP contribution in [0.25, 0.3) is 0 Å². The fraction of sp³-hybridized carbons (Fsp3) is 0.538. The minimum atomic E-state index is -0.557. The summed E-state index contributed by atoms with van der Waals surface area (Å²) in [6, 6.07) is 6.50. The smallest absolute Gasteiger partial charge is 0.0594 e. The number of aliphatic hydroxyl groups is 1. The molecule has 0 atom stereocenters. The van der Waals surface area contributed by atoms with Crippen LogP contribution in [-0.4, -0.2) is 10.7 Å². The second-order valence-electron chi connectivity index (χ2n) is 4.73. The van der Waals surface area contributed by atoms with Gasteiger partial charge in [0.05, 0.1) is 5.60 Å². The Kier molecular flexibility index (Phi) is 3.33. The number of aryl methyl sites for hydroxylation is 3. The number of hydrogen-bond acceptors (Lipinski definition) is 1. The van der Waals surface area contributed by atoms with Crippen molar-refractivity contribution in [1.82, 2.24) is 0 Å². The van der Waals surface area contributed by atoms with E-state index in [0.29, 0.717) is 0 Å². The Bertz CT molecular complexity index is 308. The maximum atomic E-state index is 9.60. The maximum absolute atomic E-state index is 9.60. The summed E-state index contributed by atoms with van der Waals surface area (Å²) < 4.78 is 0. The van der Waals surface area contributed by atoms with Crippen molar-refractivity contribution in [2.75, 3.05) is 0 Å². The zero-order valence-corrected chi connectivity index (χ0v) is 9.59. The third-order valence-corrected chi connectivity index (χ3v) is 2.60. The summed E-state index contributed by atoms with van der Waals surface area (Å²) in [7, 11) is 0. The lowest BCUT2D eigenvalue weighted by Crippen LogP contribution is -2.19. The van der Waals surface area contributed by atoms with Crippen molar-refractivity contribution >= 4 is 0 Å². The van der Waals surface area contributed by atoms with Crippen LogP contribution in [0.2, 0.25) is 0 Å². The predicted molar refractivity (Wildman–Crippen MR) is 60.5 cm³/mol. The van der Waals surface area contributed by atoms with Gasteiger partial charge in [0.25, 0.3) is 0 Å². The first-order chi connectivity index (χ1) is 6.38. The highest BCUT2D eigenvalue weighted by molar-refractivity contribution is 5.29. The minimum absolute atomic E-state index is 0.557. The average molecular weight is 192 g/mol. The number of benzene rings is 1. The lowest BCUT2D eigenvalue weighted by molar-refractivity contribution is 0.0714. The van der Waals surface area contributed by atoms with Crippen LogP contribution in [0.1, 0.15) is 37.0 Å². The van der Waals surface area contributed by atoms with Crippen LogP contribution in [-0.2, 0) is 6.42 Å². The lowest BCUT2D eigenvalue weighted by Gasteiger charge is -2.16. The highest BCUT2D eigenvalue weighted by Gasteiger charge is 2.11. The summed E-state index contributed by atoms with van der Waals surface area (Å²) in [5.74, 6) is 0. The van der Waals surface area contributed by atoms with E-state index in [4.69, 9.17) is 0 Å². The SMILES string of the molecule is Cc1ccc(CCC(C)(C)O)cc1C. The van der Waals surface area contributed by atoms with Crippen molar-refractivity contribution in [2.45, 2.75) is 46.1 Å². The Morgan fingerprint density at radius 2 is 1.79 bits per heavy atom. The number of rotatable bonds is 3. The standard InChI is InChI=1S/C13H20O/c1-10-5-6-12(9-11(10)2)7-8-13(3,4)14/h5-6,9,14H,7-8H2,1-4H3. The predicted octanol–water partition coefficient (Wildman–Crippen LogP) is 3.01. The quantitative estimate of drug-likeness (QED) is 0.780. The maximum Gasteiger partial charge on any atom is 0.0594 e. The monoisotopic (exact) mass is 192 g/mol. The largest absolute Gasteiger partial charge is 0.390 e. The van der Waals surface area contributed by atoms with Gasteiger partial charge >= 0.3 is 0 Å². The van der Waals surface area contributed by atoms with E-state index in [9.17, 15) is 5.11 Å². The van der Waals surface area contributed by atoms with Crippen molar-refractivity contribution < 1.29 is 5.11 Å². The fourth-order valence-electron chi connectivity index (χ4n) is 1.41. The van der Waals surface area contributed by atoms with Crippen LogP contribution in [0, 0.1) is 13.8 Å². The Balaban J connectivity index is 2.65. The van der Waals surface area contributed by atoms with Crippen molar-refractivity contribution in [2.24, 2.45) is 0 Å². The summed E-state index contributed by atoms with van der Waals surface area (Å²) in [6.45, 7) is 7.96. The third kappa shape index (κ3) is 3.51. The molecule has 1 nitrogen and oxygen atoms in total. The molecule has 0 saturated heterocycles. The summed E-state index contributed by atoms with van der Waals surface area (Å²) in [6.07, 6.45) is 1.76. The summed E-state index contributed by atoms with van der Waals surface area (Å²) >= 11 is 0. The van der Waals surface area contributed by atoms with E-state index in [1.807, 2.05) is 13.8 Å². The van der Waals surface area contributed by atoms with Crippen LogP contribution in [0.4, 0.5) is 0 Å². The Hall–Kier alpha value is -0.820. The molecule has 1 N–H and O–H groups in total. The molecule has 1 aromatic carbocycles. The summed E-state index contributed by atoms with van der Waals surface area (Å²) in [5.41, 5.74) is 3.42. The highest BCUT2D eigenvalue weighted by Crippen LogP contribution is 2.15. The van der Waals surface area contributed by atoms with Crippen molar-refractivity contribution in [3.05, 3.63) is 34.9 Å². The molecule has 78 valence electrons. The molecule has 0 radical (unpaired) electrons. The second-order valence-corrected chi connectivity index (χ2v) is 4.73. The van der Waals surface area contributed by atoms with E-state index in [2.05, 4.69) is 32.0 Å². The first-order valence-electron chi connectivity index (χ1n) is 5.17. The van der Waals surface area contributed by atoms with Gasteiger partial charge in [-0.3, -0.25) is 0 Å². The van der Waals surface area contributed by atoms with Crippen molar-refractivity contribution in [1.29, 1.82) is 0 Å². The first kappa shape index (κ1) is 11.3. The van der Waals surface area contributed by atoms with Crippen LogP contribution in [0.5, 0.6) is 0 Å². The molecule has 0 heterocycles. The van der Waals surface area contributed by atoms with Gasteiger partial charge in [0.15, 0.2) is 0 Å². The van der Waals surface area contributed by atoms with Gasteiger partial charge in [-0.2, -0.15) is 0 Å². The molecule has 0 fully saturated rings. The van der Waals surface area contributed by atoms with Crippen molar-refractivity contribution in [3.63, 3.8) is 0 Å². The topological polar surface area (TPSA) is 20.2 Å². The fourth-order valence-corrected chi connectivity index (χ4v) is 1.41. The van der Waals surface area contributed by atoms with Gasteiger partial charge in [-0.15, -0.1) is 0 Å². The van der Waals surface area contributed by atoms with E-state index in [-0.39, 0.29) is 0 Å². The highest BCUT2D eigenvalue weighted by atomic mass is 16.3. The molecule has 1 rings (SSSR count). The van der Waals surface area contributed by atoms with Crippen LogP contribution >= 0.6 is 0 Å². The molecule has 0 saturated carbocycles. The summed E-state index contributed by atoms with van der Waals surface area (Å²) in [5, 5.41) is 9.60. The molecule has 0 aliphatic heterocycles. The molecule has 0 bridgehead atoms.